The van der Waals surface area contributed by atoms with Crippen LogP contribution in [0.4, 0.5) is 5.00 Å². The van der Waals surface area contributed by atoms with E-state index in [2.05, 4.69) is 11.0 Å². The number of nitrogens with zero attached hydrogens (tertiary/aromatic N) is 2. The summed E-state index contributed by atoms with van der Waals surface area (Å²) in [5.41, 5.74) is 0.840. The molecule has 0 spiro atoms. The average Bonchev–Trinajstić information content (AvgIpc) is 2.67. The maximum absolute atomic E-state index is 8.87. The minimum atomic E-state index is 0.840. The molecule has 0 atom stereocenters. The highest BCUT2D eigenvalue weighted by Gasteiger charge is 2.14. The van der Waals surface area contributed by atoms with Gasteiger partial charge < -0.3 is 4.90 Å². The SMILES string of the molecule is N#Cc1ccsc1N1CCCCC1. The summed E-state index contributed by atoms with van der Waals surface area (Å²) in [6.45, 7) is 2.24. The molecule has 3 heteroatoms. The molecule has 2 heterocycles. The predicted octanol–water partition coefficient (Wildman–Crippen LogP) is 2.61. The first kappa shape index (κ1) is 8.58. The molecule has 68 valence electrons. The molecule has 0 radical (unpaired) electrons. The fourth-order valence-corrected chi connectivity index (χ4v) is 2.63. The molecule has 1 aliphatic heterocycles. The van der Waals surface area contributed by atoms with E-state index in [9.17, 15) is 0 Å². The van der Waals surface area contributed by atoms with E-state index in [1.807, 2.05) is 11.4 Å². The Morgan fingerprint density at radius 2 is 2.08 bits per heavy atom. The van der Waals surface area contributed by atoms with Crippen molar-refractivity contribution >= 4 is 16.3 Å². The average molecular weight is 192 g/mol. The van der Waals surface area contributed by atoms with Crippen LogP contribution >= 0.6 is 11.3 Å². The second kappa shape index (κ2) is 3.80. The van der Waals surface area contributed by atoms with Gasteiger partial charge in [-0.25, -0.2) is 0 Å². The maximum atomic E-state index is 8.87. The third-order valence-corrected chi connectivity index (χ3v) is 3.38. The summed E-state index contributed by atoms with van der Waals surface area (Å²) in [5, 5.41) is 12.0. The summed E-state index contributed by atoms with van der Waals surface area (Å²) < 4.78 is 0. The van der Waals surface area contributed by atoms with Crippen LogP contribution in [0.3, 0.4) is 0 Å². The third kappa shape index (κ3) is 1.68. The van der Waals surface area contributed by atoms with Crippen molar-refractivity contribution in [3.8, 4) is 6.07 Å². The molecule has 13 heavy (non-hydrogen) atoms. The molecular formula is C10H12N2S. The molecule has 0 N–H and O–H groups in total. The molecule has 0 amide bonds. The molecule has 1 aromatic heterocycles. The molecule has 0 aromatic carbocycles. The lowest BCUT2D eigenvalue weighted by molar-refractivity contribution is 0.580. The summed E-state index contributed by atoms with van der Waals surface area (Å²) in [6, 6.07) is 4.15. The number of nitriles is 1. The van der Waals surface area contributed by atoms with Gasteiger partial charge in [0.15, 0.2) is 0 Å². The zero-order valence-corrected chi connectivity index (χ0v) is 8.31. The lowest BCUT2D eigenvalue weighted by Crippen LogP contribution is -2.29. The van der Waals surface area contributed by atoms with Crippen molar-refractivity contribution in [1.29, 1.82) is 5.26 Å². The molecule has 1 fully saturated rings. The van der Waals surface area contributed by atoms with Gasteiger partial charge in [-0.2, -0.15) is 5.26 Å². The van der Waals surface area contributed by atoms with Crippen LogP contribution in [0, 0.1) is 11.3 Å². The Balaban J connectivity index is 2.19. The van der Waals surface area contributed by atoms with Crippen LogP contribution in [0.5, 0.6) is 0 Å². The highest BCUT2D eigenvalue weighted by atomic mass is 32.1. The number of hydrogen-bond acceptors (Lipinski definition) is 3. The number of rotatable bonds is 1. The molecular weight excluding hydrogens is 180 g/mol. The van der Waals surface area contributed by atoms with Crippen molar-refractivity contribution in [2.75, 3.05) is 18.0 Å². The Hall–Kier alpha value is -1.01. The number of hydrogen-bond donors (Lipinski definition) is 0. The van der Waals surface area contributed by atoms with E-state index in [1.165, 1.54) is 24.3 Å². The van der Waals surface area contributed by atoms with Crippen molar-refractivity contribution in [3.05, 3.63) is 17.0 Å². The Labute approximate surface area is 82.4 Å². The fourth-order valence-electron chi connectivity index (χ4n) is 1.73. The second-order valence-corrected chi connectivity index (χ2v) is 4.19. The minimum absolute atomic E-state index is 0.840. The van der Waals surface area contributed by atoms with Gasteiger partial charge in [0.2, 0.25) is 0 Å². The van der Waals surface area contributed by atoms with Crippen LogP contribution in [-0.4, -0.2) is 13.1 Å². The normalized spacial score (nSPS) is 17.0. The standard InChI is InChI=1S/C10H12N2S/c11-8-9-4-7-13-10(9)12-5-2-1-3-6-12/h4,7H,1-3,5-6H2. The van der Waals surface area contributed by atoms with Crippen molar-refractivity contribution < 1.29 is 0 Å². The highest BCUT2D eigenvalue weighted by Crippen LogP contribution is 2.29. The van der Waals surface area contributed by atoms with E-state index >= 15 is 0 Å². The lowest BCUT2D eigenvalue weighted by atomic mass is 10.1. The molecule has 0 unspecified atom stereocenters. The fraction of sp³-hybridized carbons (Fsp3) is 0.500. The monoisotopic (exact) mass is 192 g/mol. The van der Waals surface area contributed by atoms with Gasteiger partial charge in [0.25, 0.3) is 0 Å². The number of thiophene rings is 1. The summed E-state index contributed by atoms with van der Waals surface area (Å²) in [5.74, 6) is 0. The quantitative estimate of drug-likeness (QED) is 0.684. The van der Waals surface area contributed by atoms with Gasteiger partial charge in [-0.05, 0) is 30.7 Å². The molecule has 2 nitrogen and oxygen atoms in total. The number of piperidine rings is 1. The Kier molecular flexibility index (Phi) is 2.51. The van der Waals surface area contributed by atoms with Crippen LogP contribution in [0.25, 0.3) is 0 Å². The number of anilines is 1. The van der Waals surface area contributed by atoms with Gasteiger partial charge in [-0.1, -0.05) is 0 Å². The Bertz CT molecular complexity index is 318. The molecule has 2 rings (SSSR count). The van der Waals surface area contributed by atoms with Crippen molar-refractivity contribution in [2.45, 2.75) is 19.3 Å². The first-order valence-electron chi connectivity index (χ1n) is 4.64. The van der Waals surface area contributed by atoms with E-state index in [1.54, 1.807) is 11.3 Å². The summed E-state index contributed by atoms with van der Waals surface area (Å²) >= 11 is 1.68. The van der Waals surface area contributed by atoms with Gasteiger partial charge in [0.1, 0.15) is 11.1 Å². The van der Waals surface area contributed by atoms with Crippen molar-refractivity contribution in [1.82, 2.24) is 0 Å². The van der Waals surface area contributed by atoms with Crippen molar-refractivity contribution in [2.24, 2.45) is 0 Å². The zero-order valence-electron chi connectivity index (χ0n) is 7.49. The van der Waals surface area contributed by atoms with E-state index in [4.69, 9.17) is 5.26 Å². The second-order valence-electron chi connectivity index (χ2n) is 3.30. The molecule has 1 aliphatic rings. The first-order chi connectivity index (χ1) is 6.42. The van der Waals surface area contributed by atoms with Gasteiger partial charge >= 0.3 is 0 Å². The first-order valence-corrected chi connectivity index (χ1v) is 5.52. The van der Waals surface area contributed by atoms with Gasteiger partial charge in [-0.15, -0.1) is 11.3 Å². The minimum Gasteiger partial charge on any atom is -0.362 e. The summed E-state index contributed by atoms with van der Waals surface area (Å²) in [7, 11) is 0. The lowest BCUT2D eigenvalue weighted by Gasteiger charge is -2.27. The predicted molar refractivity (Wildman–Crippen MR) is 55.1 cm³/mol. The Morgan fingerprint density at radius 1 is 1.31 bits per heavy atom. The molecule has 0 aliphatic carbocycles. The van der Waals surface area contributed by atoms with E-state index in [0.717, 1.165) is 18.7 Å². The van der Waals surface area contributed by atoms with Crippen LogP contribution in [0.2, 0.25) is 0 Å². The largest absolute Gasteiger partial charge is 0.362 e. The van der Waals surface area contributed by atoms with Crippen LogP contribution in [0.1, 0.15) is 24.8 Å². The van der Waals surface area contributed by atoms with Gasteiger partial charge in [-0.3, -0.25) is 0 Å². The zero-order chi connectivity index (χ0) is 9.10. The van der Waals surface area contributed by atoms with Crippen LogP contribution < -0.4 is 4.90 Å². The van der Waals surface area contributed by atoms with Gasteiger partial charge in [0.05, 0.1) is 5.56 Å². The topological polar surface area (TPSA) is 27.0 Å². The van der Waals surface area contributed by atoms with E-state index in [0.29, 0.717) is 0 Å². The summed E-state index contributed by atoms with van der Waals surface area (Å²) in [4.78, 5) is 2.34. The van der Waals surface area contributed by atoms with E-state index in [-0.39, 0.29) is 0 Å². The third-order valence-electron chi connectivity index (χ3n) is 2.41. The molecule has 0 bridgehead atoms. The molecule has 1 saturated heterocycles. The van der Waals surface area contributed by atoms with Crippen molar-refractivity contribution in [3.63, 3.8) is 0 Å². The highest BCUT2D eigenvalue weighted by molar-refractivity contribution is 7.14. The van der Waals surface area contributed by atoms with Crippen LogP contribution in [0.15, 0.2) is 11.4 Å². The molecule has 0 saturated carbocycles. The Morgan fingerprint density at radius 3 is 2.77 bits per heavy atom. The summed E-state index contributed by atoms with van der Waals surface area (Å²) in [6.07, 6.45) is 3.87. The van der Waals surface area contributed by atoms with Crippen LogP contribution in [-0.2, 0) is 0 Å². The maximum Gasteiger partial charge on any atom is 0.109 e. The smallest absolute Gasteiger partial charge is 0.109 e. The molecule has 1 aromatic rings. The van der Waals surface area contributed by atoms with Gasteiger partial charge in [0, 0.05) is 13.1 Å². The van der Waals surface area contributed by atoms with E-state index < -0.39 is 0 Å².